The Morgan fingerprint density at radius 3 is 2.79 bits per heavy atom. The van der Waals surface area contributed by atoms with Crippen molar-refractivity contribution in [2.45, 2.75) is 13.3 Å². The van der Waals surface area contributed by atoms with E-state index in [2.05, 4.69) is 35.1 Å². The fraction of sp³-hybridized carbons (Fsp3) is 0.125. The van der Waals surface area contributed by atoms with Crippen molar-refractivity contribution in [2.75, 3.05) is 0 Å². The van der Waals surface area contributed by atoms with Gasteiger partial charge in [-0.3, -0.25) is 0 Å². The number of imidazole rings is 1. The first-order valence-corrected chi connectivity index (χ1v) is 6.30. The maximum Gasteiger partial charge on any atom is 0.138 e. The number of nitriles is 1. The maximum atomic E-state index is 9.11. The first-order valence-electron chi connectivity index (χ1n) is 6.30. The van der Waals surface area contributed by atoms with Gasteiger partial charge in [0.25, 0.3) is 0 Å². The number of para-hydroxylation sites is 1. The first-order chi connectivity index (χ1) is 9.33. The van der Waals surface area contributed by atoms with Gasteiger partial charge in [-0.1, -0.05) is 37.3 Å². The Morgan fingerprint density at radius 1 is 1.16 bits per heavy atom. The van der Waals surface area contributed by atoms with Crippen LogP contribution in [0.25, 0.3) is 22.4 Å². The predicted octanol–water partition coefficient (Wildman–Crippen LogP) is 3.66. The van der Waals surface area contributed by atoms with Crippen molar-refractivity contribution in [1.82, 2.24) is 9.97 Å². The van der Waals surface area contributed by atoms with Crippen LogP contribution in [0.2, 0.25) is 0 Å². The molecule has 2 aromatic carbocycles. The molecule has 0 aliphatic rings. The average molecular weight is 247 g/mol. The van der Waals surface area contributed by atoms with Gasteiger partial charge in [0.1, 0.15) is 17.4 Å². The highest BCUT2D eigenvalue weighted by molar-refractivity contribution is 5.84. The van der Waals surface area contributed by atoms with Crippen LogP contribution in [-0.4, -0.2) is 9.97 Å². The van der Waals surface area contributed by atoms with Crippen molar-refractivity contribution in [3.05, 3.63) is 53.6 Å². The Balaban J connectivity index is 2.24. The second kappa shape index (κ2) is 4.58. The van der Waals surface area contributed by atoms with Gasteiger partial charge in [0.15, 0.2) is 0 Å². The van der Waals surface area contributed by atoms with Gasteiger partial charge in [0.05, 0.1) is 11.1 Å². The fourth-order valence-corrected chi connectivity index (χ4v) is 2.31. The van der Waals surface area contributed by atoms with E-state index in [-0.39, 0.29) is 0 Å². The van der Waals surface area contributed by atoms with E-state index in [1.807, 2.05) is 24.3 Å². The Bertz CT molecular complexity index is 778. The molecule has 3 rings (SSSR count). The summed E-state index contributed by atoms with van der Waals surface area (Å²) in [5.74, 6) is 0.829. The van der Waals surface area contributed by atoms with Crippen molar-refractivity contribution in [2.24, 2.45) is 0 Å². The lowest BCUT2D eigenvalue weighted by Gasteiger charge is -2.03. The van der Waals surface area contributed by atoms with Gasteiger partial charge in [-0.15, -0.1) is 0 Å². The number of rotatable bonds is 2. The van der Waals surface area contributed by atoms with Crippen LogP contribution >= 0.6 is 0 Å². The Labute approximate surface area is 111 Å². The SMILES string of the molecule is CCc1ccccc1-c1nc2c(C#N)cccc2[nH]1. The number of nitrogens with one attached hydrogen (secondary N) is 1. The number of fused-ring (bicyclic) bond motifs is 1. The van der Waals surface area contributed by atoms with E-state index in [0.29, 0.717) is 5.56 Å². The largest absolute Gasteiger partial charge is 0.338 e. The van der Waals surface area contributed by atoms with Crippen LogP contribution in [0.5, 0.6) is 0 Å². The van der Waals surface area contributed by atoms with Crippen molar-refractivity contribution < 1.29 is 0 Å². The third kappa shape index (κ3) is 1.88. The summed E-state index contributed by atoms with van der Waals surface area (Å²) in [7, 11) is 0. The molecular formula is C16H13N3. The topological polar surface area (TPSA) is 52.5 Å². The van der Waals surface area contributed by atoms with E-state index in [4.69, 9.17) is 5.26 Å². The van der Waals surface area contributed by atoms with Gasteiger partial charge in [0.2, 0.25) is 0 Å². The molecule has 1 N–H and O–H groups in total. The number of hydrogen-bond donors (Lipinski definition) is 1. The van der Waals surface area contributed by atoms with Crippen LogP contribution in [-0.2, 0) is 6.42 Å². The summed E-state index contributed by atoms with van der Waals surface area (Å²) in [5, 5.41) is 9.11. The quantitative estimate of drug-likeness (QED) is 0.751. The predicted molar refractivity (Wildman–Crippen MR) is 75.6 cm³/mol. The number of nitrogens with zero attached hydrogens (tertiary/aromatic N) is 2. The fourth-order valence-electron chi connectivity index (χ4n) is 2.31. The van der Waals surface area contributed by atoms with Gasteiger partial charge >= 0.3 is 0 Å². The summed E-state index contributed by atoms with van der Waals surface area (Å²) in [5.41, 5.74) is 4.60. The lowest BCUT2D eigenvalue weighted by atomic mass is 10.1. The zero-order valence-electron chi connectivity index (χ0n) is 10.6. The van der Waals surface area contributed by atoms with E-state index < -0.39 is 0 Å². The van der Waals surface area contributed by atoms with Gasteiger partial charge in [-0.25, -0.2) is 4.98 Å². The summed E-state index contributed by atoms with van der Waals surface area (Å²) in [6, 6.07) is 16.0. The third-order valence-electron chi connectivity index (χ3n) is 3.29. The van der Waals surface area contributed by atoms with Gasteiger partial charge in [-0.05, 0) is 24.1 Å². The summed E-state index contributed by atoms with van der Waals surface area (Å²) >= 11 is 0. The highest BCUT2D eigenvalue weighted by Crippen LogP contribution is 2.25. The molecule has 19 heavy (non-hydrogen) atoms. The van der Waals surface area contributed by atoms with E-state index in [1.54, 1.807) is 6.07 Å². The van der Waals surface area contributed by atoms with E-state index in [0.717, 1.165) is 28.8 Å². The standard InChI is InChI=1S/C16H13N3/c1-2-11-6-3-4-8-13(11)16-18-14-9-5-7-12(10-17)15(14)19-16/h3-9H,2H2,1H3,(H,18,19). The van der Waals surface area contributed by atoms with Gasteiger partial charge in [0, 0.05) is 5.56 Å². The molecule has 0 aliphatic heterocycles. The number of aromatic amines is 1. The second-order valence-corrected chi connectivity index (χ2v) is 4.41. The Morgan fingerprint density at radius 2 is 2.00 bits per heavy atom. The molecule has 0 fully saturated rings. The van der Waals surface area contributed by atoms with Crippen LogP contribution in [0.3, 0.4) is 0 Å². The minimum atomic E-state index is 0.606. The molecule has 0 unspecified atom stereocenters. The molecule has 0 saturated heterocycles. The Kier molecular flexibility index (Phi) is 2.77. The molecule has 0 amide bonds. The monoisotopic (exact) mass is 247 g/mol. The van der Waals surface area contributed by atoms with Gasteiger partial charge < -0.3 is 4.98 Å². The van der Waals surface area contributed by atoms with E-state index >= 15 is 0 Å². The number of aromatic nitrogens is 2. The van der Waals surface area contributed by atoms with Crippen LogP contribution in [0.15, 0.2) is 42.5 Å². The highest BCUT2D eigenvalue weighted by atomic mass is 14.9. The Hall–Kier alpha value is -2.60. The van der Waals surface area contributed by atoms with Crippen LogP contribution < -0.4 is 0 Å². The number of benzene rings is 2. The summed E-state index contributed by atoms with van der Waals surface area (Å²) < 4.78 is 0. The molecular weight excluding hydrogens is 234 g/mol. The van der Waals surface area contributed by atoms with E-state index in [9.17, 15) is 0 Å². The molecule has 3 aromatic rings. The zero-order chi connectivity index (χ0) is 13.2. The number of hydrogen-bond acceptors (Lipinski definition) is 2. The molecule has 0 aliphatic carbocycles. The minimum Gasteiger partial charge on any atom is -0.338 e. The maximum absolute atomic E-state index is 9.11. The molecule has 0 atom stereocenters. The molecule has 0 spiro atoms. The lowest BCUT2D eigenvalue weighted by molar-refractivity contribution is 1.13. The summed E-state index contributed by atoms with van der Waals surface area (Å²) in [6.07, 6.45) is 0.957. The van der Waals surface area contributed by atoms with Crippen molar-refractivity contribution in [1.29, 1.82) is 5.26 Å². The molecule has 1 aromatic heterocycles. The molecule has 3 heteroatoms. The smallest absolute Gasteiger partial charge is 0.138 e. The molecule has 0 bridgehead atoms. The highest BCUT2D eigenvalue weighted by Gasteiger charge is 2.10. The average Bonchev–Trinajstić information content (AvgIpc) is 2.90. The lowest BCUT2D eigenvalue weighted by Crippen LogP contribution is -1.88. The molecule has 3 nitrogen and oxygen atoms in total. The normalized spacial score (nSPS) is 10.5. The minimum absolute atomic E-state index is 0.606. The molecule has 0 saturated carbocycles. The molecule has 0 radical (unpaired) electrons. The zero-order valence-corrected chi connectivity index (χ0v) is 10.6. The number of H-pyrrole nitrogens is 1. The van der Waals surface area contributed by atoms with Crippen molar-refractivity contribution in [3.8, 4) is 17.5 Å². The van der Waals surface area contributed by atoms with Crippen LogP contribution in [0, 0.1) is 11.3 Å². The van der Waals surface area contributed by atoms with Gasteiger partial charge in [-0.2, -0.15) is 5.26 Å². The van der Waals surface area contributed by atoms with Crippen molar-refractivity contribution in [3.63, 3.8) is 0 Å². The molecule has 1 heterocycles. The second-order valence-electron chi connectivity index (χ2n) is 4.41. The molecule has 92 valence electrons. The first kappa shape index (κ1) is 11.5. The third-order valence-corrected chi connectivity index (χ3v) is 3.29. The van der Waals surface area contributed by atoms with E-state index in [1.165, 1.54) is 5.56 Å². The summed E-state index contributed by atoms with van der Waals surface area (Å²) in [4.78, 5) is 7.88. The van der Waals surface area contributed by atoms with Crippen LogP contribution in [0.1, 0.15) is 18.1 Å². The summed E-state index contributed by atoms with van der Waals surface area (Å²) in [6.45, 7) is 2.13. The number of aryl methyl sites for hydroxylation is 1. The van der Waals surface area contributed by atoms with Crippen LogP contribution in [0.4, 0.5) is 0 Å². The van der Waals surface area contributed by atoms with Crippen molar-refractivity contribution >= 4 is 11.0 Å².